The third-order valence-corrected chi connectivity index (χ3v) is 4.85. The van der Waals surface area contributed by atoms with Gasteiger partial charge in [0.05, 0.1) is 17.6 Å². The van der Waals surface area contributed by atoms with Crippen LogP contribution in [0.2, 0.25) is 0 Å². The number of nitrogens with zero attached hydrogens (tertiary/aromatic N) is 2. The maximum Gasteiger partial charge on any atom is 0.241 e. The van der Waals surface area contributed by atoms with Crippen molar-refractivity contribution in [2.24, 2.45) is 0 Å². The van der Waals surface area contributed by atoms with Crippen LogP contribution < -0.4 is 10.6 Å². The number of rotatable bonds is 6. The Balaban J connectivity index is 1.76. The van der Waals surface area contributed by atoms with Crippen molar-refractivity contribution >= 4 is 29.3 Å². The van der Waals surface area contributed by atoms with Crippen molar-refractivity contribution < 1.29 is 9.59 Å². The second kappa shape index (κ2) is 7.86. The van der Waals surface area contributed by atoms with Crippen molar-refractivity contribution in [2.45, 2.75) is 63.8 Å². The van der Waals surface area contributed by atoms with Crippen LogP contribution in [0.15, 0.2) is 12.4 Å². The first-order chi connectivity index (χ1) is 10.8. The van der Waals surface area contributed by atoms with E-state index >= 15 is 0 Å². The van der Waals surface area contributed by atoms with Gasteiger partial charge in [0.1, 0.15) is 6.54 Å². The van der Waals surface area contributed by atoms with E-state index in [1.165, 1.54) is 12.8 Å². The molecule has 6 nitrogen and oxygen atoms in total. The van der Waals surface area contributed by atoms with Crippen molar-refractivity contribution in [3.63, 3.8) is 0 Å². The number of carbonyl (C=O) groups excluding carboxylic acids is 2. The van der Waals surface area contributed by atoms with E-state index in [9.17, 15) is 9.59 Å². The molecule has 23 heavy (non-hydrogen) atoms. The molecule has 2 amide bonds. The zero-order chi connectivity index (χ0) is 16.9. The van der Waals surface area contributed by atoms with Gasteiger partial charge in [0.15, 0.2) is 0 Å². The minimum atomic E-state index is -0.0557. The molecule has 0 atom stereocenters. The Labute approximate surface area is 141 Å². The molecule has 2 N–H and O–H groups in total. The fraction of sp³-hybridized carbons (Fsp3) is 0.688. The number of thioether (sulfide) groups is 1. The van der Waals surface area contributed by atoms with Crippen LogP contribution in [-0.2, 0) is 16.1 Å². The summed E-state index contributed by atoms with van der Waals surface area (Å²) in [5.74, 6) is 0.317. The van der Waals surface area contributed by atoms with Crippen LogP contribution in [0, 0.1) is 0 Å². The van der Waals surface area contributed by atoms with E-state index in [0.29, 0.717) is 17.5 Å². The summed E-state index contributed by atoms with van der Waals surface area (Å²) in [5, 5.41) is 9.96. The fourth-order valence-electron chi connectivity index (χ4n) is 2.48. The summed E-state index contributed by atoms with van der Waals surface area (Å²) in [6, 6.07) is 0.312. The maximum absolute atomic E-state index is 12.0. The molecule has 128 valence electrons. The summed E-state index contributed by atoms with van der Waals surface area (Å²) in [5.41, 5.74) is 0.623. The molecule has 0 spiro atoms. The first-order valence-electron chi connectivity index (χ1n) is 8.07. The van der Waals surface area contributed by atoms with Crippen LogP contribution in [0.3, 0.4) is 0 Å². The summed E-state index contributed by atoms with van der Waals surface area (Å²) in [4.78, 5) is 23.8. The van der Waals surface area contributed by atoms with Crippen molar-refractivity contribution in [3.8, 4) is 0 Å². The lowest BCUT2D eigenvalue weighted by Crippen LogP contribution is -2.35. The average molecular weight is 338 g/mol. The lowest BCUT2D eigenvalue weighted by atomic mass is 10.2. The van der Waals surface area contributed by atoms with E-state index in [0.717, 1.165) is 12.8 Å². The number of aromatic nitrogens is 2. The number of carbonyl (C=O) groups is 2. The molecule has 7 heteroatoms. The van der Waals surface area contributed by atoms with Crippen LogP contribution in [0.5, 0.6) is 0 Å². The number of hydrogen-bond acceptors (Lipinski definition) is 4. The van der Waals surface area contributed by atoms with Gasteiger partial charge in [-0.2, -0.15) is 5.10 Å². The molecule has 1 fully saturated rings. The molecular weight excluding hydrogens is 312 g/mol. The second-order valence-corrected chi connectivity index (χ2v) is 8.73. The van der Waals surface area contributed by atoms with Crippen LogP contribution >= 0.6 is 11.8 Å². The molecule has 2 rings (SSSR count). The molecule has 0 aromatic carbocycles. The number of anilines is 1. The highest BCUT2D eigenvalue weighted by Crippen LogP contribution is 2.23. The summed E-state index contributed by atoms with van der Waals surface area (Å²) in [7, 11) is 0. The Morgan fingerprint density at radius 1 is 1.30 bits per heavy atom. The molecule has 0 bridgehead atoms. The van der Waals surface area contributed by atoms with Gasteiger partial charge in [0.25, 0.3) is 0 Å². The zero-order valence-electron chi connectivity index (χ0n) is 14.1. The van der Waals surface area contributed by atoms with Crippen molar-refractivity contribution in [1.82, 2.24) is 15.1 Å². The number of nitrogens with one attached hydrogen (secondary N) is 2. The van der Waals surface area contributed by atoms with Crippen LogP contribution in [0.25, 0.3) is 0 Å². The summed E-state index contributed by atoms with van der Waals surface area (Å²) in [6.45, 7) is 6.41. The zero-order valence-corrected chi connectivity index (χ0v) is 14.9. The average Bonchev–Trinajstić information content (AvgIpc) is 3.08. The highest BCUT2D eigenvalue weighted by atomic mass is 32.2. The Hall–Kier alpha value is -1.50. The van der Waals surface area contributed by atoms with Crippen LogP contribution in [0.4, 0.5) is 5.69 Å². The van der Waals surface area contributed by atoms with E-state index in [4.69, 9.17) is 0 Å². The SMILES string of the molecule is CC(C)(C)SCC(=O)Nc1cnn(CC(=O)NC2CCCC2)c1. The lowest BCUT2D eigenvalue weighted by Gasteiger charge is -2.16. The summed E-state index contributed by atoms with van der Waals surface area (Å²) in [6.07, 6.45) is 7.77. The Kier molecular flexibility index (Phi) is 6.10. The fourth-order valence-corrected chi connectivity index (χ4v) is 3.12. The second-order valence-electron chi connectivity index (χ2n) is 6.92. The quantitative estimate of drug-likeness (QED) is 0.835. The van der Waals surface area contributed by atoms with Gasteiger partial charge >= 0.3 is 0 Å². The van der Waals surface area contributed by atoms with Gasteiger partial charge in [-0.15, -0.1) is 11.8 Å². The third kappa shape index (κ3) is 6.64. The van der Waals surface area contributed by atoms with Gasteiger partial charge in [-0.05, 0) is 12.8 Å². The van der Waals surface area contributed by atoms with Crippen LogP contribution in [0.1, 0.15) is 46.5 Å². The van der Waals surface area contributed by atoms with Gasteiger partial charge in [-0.25, -0.2) is 0 Å². The first kappa shape index (κ1) is 17.8. The van der Waals surface area contributed by atoms with Gasteiger partial charge in [-0.1, -0.05) is 33.6 Å². The molecule has 1 aromatic heterocycles. The van der Waals surface area contributed by atoms with Crippen LogP contribution in [-0.4, -0.2) is 38.1 Å². The summed E-state index contributed by atoms with van der Waals surface area (Å²) >= 11 is 1.59. The molecule has 0 unspecified atom stereocenters. The smallest absolute Gasteiger partial charge is 0.241 e. The monoisotopic (exact) mass is 338 g/mol. The Morgan fingerprint density at radius 3 is 2.65 bits per heavy atom. The van der Waals surface area contributed by atoms with E-state index < -0.39 is 0 Å². The van der Waals surface area contributed by atoms with Gasteiger partial charge in [0.2, 0.25) is 11.8 Å². The summed E-state index contributed by atoms with van der Waals surface area (Å²) < 4.78 is 1.61. The van der Waals surface area contributed by atoms with E-state index in [-0.39, 0.29) is 23.1 Å². The first-order valence-corrected chi connectivity index (χ1v) is 9.06. The molecule has 1 aromatic rings. The highest BCUT2D eigenvalue weighted by Gasteiger charge is 2.17. The van der Waals surface area contributed by atoms with Crippen molar-refractivity contribution in [2.75, 3.05) is 11.1 Å². The number of hydrogen-bond donors (Lipinski definition) is 2. The molecular formula is C16H26N4O2S. The third-order valence-electron chi connectivity index (χ3n) is 3.58. The van der Waals surface area contributed by atoms with Crippen molar-refractivity contribution in [1.29, 1.82) is 0 Å². The minimum absolute atomic E-state index is 0.0267. The van der Waals surface area contributed by atoms with E-state index in [2.05, 4.69) is 36.5 Å². The minimum Gasteiger partial charge on any atom is -0.352 e. The largest absolute Gasteiger partial charge is 0.352 e. The predicted octanol–water partition coefficient (Wildman–Crippen LogP) is 2.41. The standard InChI is InChI=1S/C16H26N4O2S/c1-16(2,3)23-11-15(22)19-13-8-17-20(9-13)10-14(21)18-12-6-4-5-7-12/h8-9,12H,4-7,10-11H2,1-3H3,(H,18,21)(H,19,22). The lowest BCUT2D eigenvalue weighted by molar-refractivity contribution is -0.122. The Bertz CT molecular complexity index is 545. The predicted molar refractivity (Wildman–Crippen MR) is 93.5 cm³/mol. The molecule has 1 aliphatic carbocycles. The molecule has 0 radical (unpaired) electrons. The van der Waals surface area contributed by atoms with Gasteiger partial charge in [-0.3, -0.25) is 14.3 Å². The van der Waals surface area contributed by atoms with E-state index in [1.807, 2.05) is 0 Å². The molecule has 0 aliphatic heterocycles. The Morgan fingerprint density at radius 2 is 2.00 bits per heavy atom. The topological polar surface area (TPSA) is 76.0 Å². The van der Waals surface area contributed by atoms with Gasteiger partial charge < -0.3 is 10.6 Å². The molecule has 1 heterocycles. The molecule has 0 saturated heterocycles. The van der Waals surface area contributed by atoms with Gasteiger partial charge in [0, 0.05) is 17.0 Å². The number of amides is 2. The molecule has 1 saturated carbocycles. The van der Waals surface area contributed by atoms with Crippen molar-refractivity contribution in [3.05, 3.63) is 12.4 Å². The molecule has 1 aliphatic rings. The normalized spacial score (nSPS) is 15.6. The maximum atomic E-state index is 12.0. The highest BCUT2D eigenvalue weighted by molar-refractivity contribution is 8.01. The van der Waals surface area contributed by atoms with E-state index in [1.54, 1.807) is 28.8 Å².